The molecule has 1 heterocycles. The number of nitrogens with one attached hydrogen (secondary N) is 1. The van der Waals surface area contributed by atoms with Crippen LogP contribution in [0.25, 0.3) is 0 Å². The Kier molecular flexibility index (Phi) is 7.25. The molecule has 2 N–H and O–H groups in total. The first-order valence-corrected chi connectivity index (χ1v) is 6.19. The topological polar surface area (TPSA) is 71.5 Å². The molecule has 5 heteroatoms. The van der Waals surface area contributed by atoms with Crippen LogP contribution in [0.5, 0.6) is 0 Å². The number of pyridine rings is 1. The van der Waals surface area contributed by atoms with E-state index in [1.54, 1.807) is 18.3 Å². The summed E-state index contributed by atoms with van der Waals surface area (Å²) < 4.78 is 5.16. The minimum atomic E-state index is -0.193. The monoisotopic (exact) mass is 262 g/mol. The number of anilines is 1. The van der Waals surface area contributed by atoms with Crippen molar-refractivity contribution in [2.24, 2.45) is 0 Å². The van der Waals surface area contributed by atoms with Crippen molar-refractivity contribution < 1.29 is 14.6 Å². The number of rotatable bonds is 6. The Labute approximate surface area is 113 Å². The lowest BCUT2D eigenvalue weighted by Crippen LogP contribution is -2.13. The fourth-order valence-corrected chi connectivity index (χ4v) is 1.40. The minimum absolute atomic E-state index is 0.0977. The zero-order chi connectivity index (χ0) is 13.9. The molecular formula is C14H18N2O3. The maximum Gasteiger partial charge on any atom is 0.225 e. The number of hydrogen-bond acceptors (Lipinski definition) is 4. The molecule has 0 spiro atoms. The lowest BCUT2D eigenvalue weighted by molar-refractivity contribution is -0.116. The van der Waals surface area contributed by atoms with Crippen LogP contribution in [0.2, 0.25) is 0 Å². The first kappa shape index (κ1) is 15.2. The molecule has 1 aromatic heterocycles. The quantitative estimate of drug-likeness (QED) is 0.596. The highest BCUT2D eigenvalue weighted by Gasteiger charge is 2.03. The Hall–Kier alpha value is -1.90. The maximum atomic E-state index is 11.6. The molecule has 0 aliphatic carbocycles. The van der Waals surface area contributed by atoms with Gasteiger partial charge >= 0.3 is 0 Å². The van der Waals surface area contributed by atoms with Crippen molar-refractivity contribution in [3.8, 4) is 11.8 Å². The van der Waals surface area contributed by atoms with Gasteiger partial charge in [0.25, 0.3) is 0 Å². The molecule has 5 nitrogen and oxygen atoms in total. The Morgan fingerprint density at radius 1 is 1.58 bits per heavy atom. The summed E-state index contributed by atoms with van der Waals surface area (Å²) in [5, 5.41) is 11.3. The van der Waals surface area contributed by atoms with Gasteiger partial charge in [-0.2, -0.15) is 0 Å². The Balaban J connectivity index is 2.45. The molecule has 102 valence electrons. The van der Waals surface area contributed by atoms with Gasteiger partial charge in [0, 0.05) is 31.4 Å². The smallest absolute Gasteiger partial charge is 0.225 e. The molecule has 0 aliphatic heterocycles. The molecule has 0 unspecified atom stereocenters. The third-order valence-corrected chi connectivity index (χ3v) is 2.24. The van der Waals surface area contributed by atoms with E-state index in [0.29, 0.717) is 37.4 Å². The first-order chi connectivity index (χ1) is 9.26. The fraction of sp³-hybridized carbons (Fsp3) is 0.429. The summed E-state index contributed by atoms with van der Waals surface area (Å²) in [6, 6.07) is 3.39. The van der Waals surface area contributed by atoms with Crippen LogP contribution in [0.4, 0.5) is 5.82 Å². The number of carbonyl (C=O) groups is 1. The second kappa shape index (κ2) is 9.09. The SMILES string of the molecule is CCOCCCC(=O)Nc1cc(C#CCO)ccn1. The van der Waals surface area contributed by atoms with Gasteiger partial charge in [-0.25, -0.2) is 4.98 Å². The number of nitrogens with zero attached hydrogens (tertiary/aromatic N) is 1. The third kappa shape index (κ3) is 6.55. The minimum Gasteiger partial charge on any atom is -0.384 e. The average Bonchev–Trinajstić information content (AvgIpc) is 2.42. The second-order valence-electron chi connectivity index (χ2n) is 3.74. The summed E-state index contributed by atoms with van der Waals surface area (Å²) in [5.41, 5.74) is 0.702. The molecule has 0 aliphatic rings. The van der Waals surface area contributed by atoms with E-state index in [1.807, 2.05) is 6.92 Å². The van der Waals surface area contributed by atoms with Gasteiger partial charge in [-0.1, -0.05) is 11.8 Å². The van der Waals surface area contributed by atoms with Crippen molar-refractivity contribution in [3.05, 3.63) is 23.9 Å². The van der Waals surface area contributed by atoms with E-state index in [9.17, 15) is 4.79 Å². The van der Waals surface area contributed by atoms with Gasteiger partial charge in [-0.3, -0.25) is 4.79 Å². The summed E-state index contributed by atoms with van der Waals surface area (Å²) >= 11 is 0. The van der Waals surface area contributed by atoms with Gasteiger partial charge in [0.2, 0.25) is 5.91 Å². The molecule has 0 bridgehead atoms. The van der Waals surface area contributed by atoms with Gasteiger partial charge in [-0.05, 0) is 25.5 Å². The predicted molar refractivity (Wildman–Crippen MR) is 72.6 cm³/mol. The zero-order valence-electron chi connectivity index (χ0n) is 11.0. The summed E-state index contributed by atoms with van der Waals surface area (Å²) in [4.78, 5) is 15.7. The molecule has 0 saturated carbocycles. The van der Waals surface area contributed by atoms with Crippen LogP contribution >= 0.6 is 0 Å². The number of amides is 1. The van der Waals surface area contributed by atoms with Gasteiger partial charge in [-0.15, -0.1) is 0 Å². The molecular weight excluding hydrogens is 244 g/mol. The Morgan fingerprint density at radius 2 is 2.42 bits per heavy atom. The van der Waals surface area contributed by atoms with Crippen molar-refractivity contribution in [1.29, 1.82) is 0 Å². The number of aliphatic hydroxyl groups is 1. The van der Waals surface area contributed by atoms with E-state index < -0.39 is 0 Å². The van der Waals surface area contributed by atoms with Crippen LogP contribution < -0.4 is 5.32 Å². The van der Waals surface area contributed by atoms with Crippen molar-refractivity contribution in [2.45, 2.75) is 19.8 Å². The van der Waals surface area contributed by atoms with E-state index in [2.05, 4.69) is 22.1 Å². The Bertz CT molecular complexity index is 463. The molecule has 0 fully saturated rings. The van der Waals surface area contributed by atoms with Crippen molar-refractivity contribution in [2.75, 3.05) is 25.1 Å². The van der Waals surface area contributed by atoms with E-state index in [1.165, 1.54) is 0 Å². The van der Waals surface area contributed by atoms with Crippen molar-refractivity contribution in [3.63, 3.8) is 0 Å². The average molecular weight is 262 g/mol. The highest BCUT2D eigenvalue weighted by Crippen LogP contribution is 2.06. The first-order valence-electron chi connectivity index (χ1n) is 6.19. The molecule has 1 amide bonds. The molecule has 0 aromatic carbocycles. The molecule has 0 radical (unpaired) electrons. The number of hydrogen-bond donors (Lipinski definition) is 2. The van der Waals surface area contributed by atoms with E-state index >= 15 is 0 Å². The highest BCUT2D eigenvalue weighted by atomic mass is 16.5. The van der Waals surface area contributed by atoms with E-state index in [4.69, 9.17) is 9.84 Å². The van der Waals surface area contributed by atoms with E-state index in [0.717, 1.165) is 0 Å². The van der Waals surface area contributed by atoms with Gasteiger partial charge in [0.1, 0.15) is 12.4 Å². The van der Waals surface area contributed by atoms with E-state index in [-0.39, 0.29) is 12.5 Å². The lowest BCUT2D eigenvalue weighted by Gasteiger charge is -2.04. The summed E-state index contributed by atoms with van der Waals surface area (Å²) in [7, 11) is 0. The van der Waals surface area contributed by atoms with Crippen LogP contribution in [0.3, 0.4) is 0 Å². The van der Waals surface area contributed by atoms with Crippen LogP contribution in [0.1, 0.15) is 25.3 Å². The molecule has 0 saturated heterocycles. The number of aliphatic hydroxyl groups excluding tert-OH is 1. The van der Waals surface area contributed by atoms with Crippen molar-refractivity contribution in [1.82, 2.24) is 4.98 Å². The maximum absolute atomic E-state index is 11.6. The molecule has 19 heavy (non-hydrogen) atoms. The lowest BCUT2D eigenvalue weighted by atomic mass is 10.2. The standard InChI is InChI=1S/C14H18N2O3/c1-2-19-10-4-6-14(18)16-13-11-12(5-3-9-17)7-8-15-13/h7-8,11,17H,2,4,6,9-10H2,1H3,(H,15,16,18). The Morgan fingerprint density at radius 3 is 3.16 bits per heavy atom. The number of ether oxygens (including phenoxy) is 1. The second-order valence-corrected chi connectivity index (χ2v) is 3.74. The normalized spacial score (nSPS) is 9.58. The zero-order valence-corrected chi connectivity index (χ0v) is 11.0. The fourth-order valence-electron chi connectivity index (χ4n) is 1.40. The summed E-state index contributed by atoms with van der Waals surface area (Å²) in [6.45, 7) is 2.97. The van der Waals surface area contributed by atoms with Gasteiger partial charge in [0.15, 0.2) is 0 Å². The van der Waals surface area contributed by atoms with Gasteiger partial charge < -0.3 is 15.2 Å². The van der Waals surface area contributed by atoms with Crippen LogP contribution in [-0.4, -0.2) is 35.8 Å². The van der Waals surface area contributed by atoms with Crippen LogP contribution in [0.15, 0.2) is 18.3 Å². The van der Waals surface area contributed by atoms with Crippen LogP contribution in [0, 0.1) is 11.8 Å². The van der Waals surface area contributed by atoms with Crippen molar-refractivity contribution >= 4 is 11.7 Å². The van der Waals surface area contributed by atoms with Gasteiger partial charge in [0.05, 0.1) is 0 Å². The molecule has 1 rings (SSSR count). The summed E-state index contributed by atoms with van der Waals surface area (Å²) in [6.07, 6.45) is 2.65. The third-order valence-electron chi connectivity index (χ3n) is 2.24. The largest absolute Gasteiger partial charge is 0.384 e. The summed E-state index contributed by atoms with van der Waals surface area (Å²) in [5.74, 6) is 5.66. The molecule has 0 atom stereocenters. The number of carbonyl (C=O) groups excluding carboxylic acids is 1. The number of aromatic nitrogens is 1. The highest BCUT2D eigenvalue weighted by molar-refractivity contribution is 5.89. The predicted octanol–water partition coefficient (Wildman–Crippen LogP) is 1.18. The molecule has 1 aromatic rings. The van der Waals surface area contributed by atoms with Crippen LogP contribution in [-0.2, 0) is 9.53 Å².